The van der Waals surface area contributed by atoms with Crippen molar-refractivity contribution in [3.8, 4) is 0 Å². The highest BCUT2D eigenvalue weighted by atomic mass is 35.5. The van der Waals surface area contributed by atoms with Crippen molar-refractivity contribution in [3.63, 3.8) is 0 Å². The molecule has 1 amide bonds. The minimum absolute atomic E-state index is 0.118. The fourth-order valence-electron chi connectivity index (χ4n) is 3.89. The zero-order chi connectivity index (χ0) is 18.4. The number of carbonyl (C=O) groups is 1. The summed E-state index contributed by atoms with van der Waals surface area (Å²) in [6.45, 7) is -0.343. The first-order valence-corrected chi connectivity index (χ1v) is 11.0. The van der Waals surface area contributed by atoms with Crippen LogP contribution in [-0.4, -0.2) is 33.2 Å². The second-order valence-corrected chi connectivity index (χ2v) is 9.96. The van der Waals surface area contributed by atoms with Gasteiger partial charge < -0.3 is 5.32 Å². The summed E-state index contributed by atoms with van der Waals surface area (Å²) in [5.41, 5.74) is 0.140. The average Bonchev–Trinajstić information content (AvgIpc) is 3.10. The van der Waals surface area contributed by atoms with Crippen LogP contribution in [0.3, 0.4) is 0 Å². The van der Waals surface area contributed by atoms with Crippen molar-refractivity contribution in [3.05, 3.63) is 27.2 Å². The van der Waals surface area contributed by atoms with Gasteiger partial charge in [-0.15, -0.1) is 0 Å². The van der Waals surface area contributed by atoms with Crippen LogP contribution in [0.4, 0.5) is 5.69 Å². The number of anilines is 1. The van der Waals surface area contributed by atoms with E-state index in [-0.39, 0.29) is 39.2 Å². The normalized spacial score (nSPS) is 25.2. The van der Waals surface area contributed by atoms with E-state index >= 15 is 0 Å². The summed E-state index contributed by atoms with van der Waals surface area (Å²) >= 11 is 18.0. The molecule has 3 rings (SSSR count). The van der Waals surface area contributed by atoms with Crippen LogP contribution in [0.1, 0.15) is 25.7 Å². The van der Waals surface area contributed by atoms with Gasteiger partial charge in [0, 0.05) is 6.04 Å². The van der Waals surface area contributed by atoms with Crippen LogP contribution in [0.2, 0.25) is 15.1 Å². The molecule has 1 aromatic carbocycles. The summed E-state index contributed by atoms with van der Waals surface area (Å²) < 4.78 is 25.3. The maximum atomic E-state index is 12.4. The van der Waals surface area contributed by atoms with Crippen molar-refractivity contribution in [1.82, 2.24) is 5.32 Å². The highest BCUT2D eigenvalue weighted by Crippen LogP contribution is 2.44. The van der Waals surface area contributed by atoms with Crippen molar-refractivity contribution in [1.29, 1.82) is 0 Å². The third-order valence-corrected chi connectivity index (χ3v) is 7.18. The zero-order valence-electron chi connectivity index (χ0n) is 13.6. The Morgan fingerprint density at radius 1 is 1.16 bits per heavy atom. The van der Waals surface area contributed by atoms with Gasteiger partial charge in [-0.1, -0.05) is 41.2 Å². The second kappa shape index (κ2) is 7.14. The molecule has 0 spiro atoms. The Hall–Kier alpha value is -0.690. The van der Waals surface area contributed by atoms with E-state index < -0.39 is 10.0 Å². The molecule has 2 aliphatic rings. The predicted octanol–water partition coefficient (Wildman–Crippen LogP) is 3.72. The number of halogens is 3. The molecule has 3 unspecified atom stereocenters. The molecule has 5 nitrogen and oxygen atoms in total. The number of hydrogen-bond donors (Lipinski definition) is 1. The van der Waals surface area contributed by atoms with Crippen LogP contribution in [0.5, 0.6) is 0 Å². The Kier molecular flexibility index (Phi) is 5.45. The molecule has 25 heavy (non-hydrogen) atoms. The fourth-order valence-corrected chi connectivity index (χ4v) is 5.44. The van der Waals surface area contributed by atoms with E-state index in [4.69, 9.17) is 34.8 Å². The minimum atomic E-state index is -3.72. The third kappa shape index (κ3) is 4.18. The molecule has 138 valence electrons. The van der Waals surface area contributed by atoms with Gasteiger partial charge in [-0.3, -0.25) is 9.10 Å². The number of benzene rings is 1. The first-order valence-electron chi connectivity index (χ1n) is 8.06. The predicted molar refractivity (Wildman–Crippen MR) is 101 cm³/mol. The number of nitrogens with zero attached hydrogens (tertiary/aromatic N) is 1. The van der Waals surface area contributed by atoms with Gasteiger partial charge in [0.15, 0.2) is 0 Å². The number of sulfonamides is 1. The SMILES string of the molecule is CS(=O)(=O)N(CC(=O)NC1CC2CCC1C2)c1cc(Cl)c(Cl)cc1Cl. The number of hydrogen-bond acceptors (Lipinski definition) is 3. The van der Waals surface area contributed by atoms with Crippen LogP contribution in [0.25, 0.3) is 0 Å². The van der Waals surface area contributed by atoms with Crippen LogP contribution >= 0.6 is 34.8 Å². The van der Waals surface area contributed by atoms with Gasteiger partial charge >= 0.3 is 0 Å². The van der Waals surface area contributed by atoms with Gasteiger partial charge in [0.05, 0.1) is 27.0 Å². The van der Waals surface area contributed by atoms with Crippen molar-refractivity contribution in [2.24, 2.45) is 11.8 Å². The van der Waals surface area contributed by atoms with Gasteiger partial charge in [0.25, 0.3) is 0 Å². The topological polar surface area (TPSA) is 66.5 Å². The van der Waals surface area contributed by atoms with Gasteiger partial charge in [0.1, 0.15) is 6.54 Å². The largest absolute Gasteiger partial charge is 0.352 e. The maximum absolute atomic E-state index is 12.4. The number of fused-ring (bicyclic) bond motifs is 2. The highest BCUT2D eigenvalue weighted by Gasteiger charge is 2.40. The number of carbonyl (C=O) groups excluding carboxylic acids is 1. The molecule has 1 N–H and O–H groups in total. The molecule has 2 aliphatic carbocycles. The smallest absolute Gasteiger partial charge is 0.241 e. The van der Waals surface area contributed by atoms with Crippen LogP contribution in [0.15, 0.2) is 12.1 Å². The lowest BCUT2D eigenvalue weighted by molar-refractivity contribution is -0.120. The van der Waals surface area contributed by atoms with Crippen LogP contribution in [0, 0.1) is 11.8 Å². The fraction of sp³-hybridized carbons (Fsp3) is 0.562. The van der Waals surface area contributed by atoms with Gasteiger partial charge in [-0.05, 0) is 43.2 Å². The van der Waals surface area contributed by atoms with E-state index in [0.717, 1.165) is 29.8 Å². The summed E-state index contributed by atoms with van der Waals surface area (Å²) in [6.07, 6.45) is 5.51. The van der Waals surface area contributed by atoms with E-state index in [9.17, 15) is 13.2 Å². The van der Waals surface area contributed by atoms with Crippen LogP contribution < -0.4 is 9.62 Å². The number of rotatable bonds is 5. The molecule has 2 saturated carbocycles. The lowest BCUT2D eigenvalue weighted by Gasteiger charge is -2.27. The summed E-state index contributed by atoms with van der Waals surface area (Å²) in [4.78, 5) is 12.4. The van der Waals surface area contributed by atoms with E-state index in [1.165, 1.54) is 18.6 Å². The summed E-state index contributed by atoms with van der Waals surface area (Å²) in [5.74, 6) is 0.852. The molecule has 2 fully saturated rings. The Labute approximate surface area is 162 Å². The molecular weight excluding hydrogens is 407 g/mol. The Balaban J connectivity index is 1.78. The molecule has 0 radical (unpaired) electrons. The van der Waals surface area contributed by atoms with E-state index in [0.29, 0.717) is 11.8 Å². The zero-order valence-corrected chi connectivity index (χ0v) is 16.7. The van der Waals surface area contributed by atoms with E-state index in [1.807, 2.05) is 0 Å². The lowest BCUT2D eigenvalue weighted by Crippen LogP contribution is -2.45. The third-order valence-electron chi connectivity index (χ3n) is 5.03. The standard InChI is InChI=1S/C16H19Cl3N2O3S/c1-25(23,24)21(15-7-12(18)11(17)6-13(15)19)8-16(22)20-14-5-9-2-3-10(14)4-9/h6-7,9-10,14H,2-5,8H2,1H3,(H,20,22). The maximum Gasteiger partial charge on any atom is 0.241 e. The Morgan fingerprint density at radius 2 is 1.84 bits per heavy atom. The van der Waals surface area contributed by atoms with Crippen molar-refractivity contribution in [2.75, 3.05) is 17.1 Å². The highest BCUT2D eigenvalue weighted by molar-refractivity contribution is 7.92. The Morgan fingerprint density at radius 3 is 2.40 bits per heavy atom. The van der Waals surface area contributed by atoms with Crippen LogP contribution in [-0.2, 0) is 14.8 Å². The molecule has 0 aromatic heterocycles. The lowest BCUT2D eigenvalue weighted by atomic mass is 9.95. The van der Waals surface area contributed by atoms with Gasteiger partial charge in [0.2, 0.25) is 15.9 Å². The minimum Gasteiger partial charge on any atom is -0.352 e. The quantitative estimate of drug-likeness (QED) is 0.731. The molecule has 0 aliphatic heterocycles. The monoisotopic (exact) mass is 424 g/mol. The molecule has 3 atom stereocenters. The summed E-state index contributed by atoms with van der Waals surface area (Å²) in [6, 6.07) is 2.86. The second-order valence-electron chi connectivity index (χ2n) is 6.84. The average molecular weight is 426 g/mol. The molecule has 1 aromatic rings. The summed E-state index contributed by atoms with van der Waals surface area (Å²) in [5, 5.41) is 3.49. The van der Waals surface area contributed by atoms with Gasteiger partial charge in [-0.2, -0.15) is 0 Å². The van der Waals surface area contributed by atoms with Crippen molar-refractivity contribution >= 4 is 56.4 Å². The van der Waals surface area contributed by atoms with Crippen molar-refractivity contribution in [2.45, 2.75) is 31.7 Å². The molecule has 9 heteroatoms. The Bertz CT molecular complexity index is 800. The van der Waals surface area contributed by atoms with Crippen molar-refractivity contribution < 1.29 is 13.2 Å². The first kappa shape index (κ1) is 19.1. The number of amides is 1. The van der Waals surface area contributed by atoms with E-state index in [2.05, 4.69) is 5.32 Å². The molecule has 0 saturated heterocycles. The molecule has 0 heterocycles. The molecular formula is C16H19Cl3N2O3S. The van der Waals surface area contributed by atoms with E-state index in [1.54, 1.807) is 0 Å². The first-order chi connectivity index (χ1) is 11.6. The number of nitrogens with one attached hydrogen (secondary N) is 1. The van der Waals surface area contributed by atoms with Gasteiger partial charge in [-0.25, -0.2) is 8.42 Å². The molecule has 2 bridgehead atoms. The summed E-state index contributed by atoms with van der Waals surface area (Å²) in [7, 11) is -3.72.